The van der Waals surface area contributed by atoms with Gasteiger partial charge in [0.25, 0.3) is 0 Å². The van der Waals surface area contributed by atoms with Crippen molar-refractivity contribution in [3.8, 4) is 11.5 Å². The number of benzene rings is 4. The number of aryl methyl sites for hydroxylation is 1. The number of carbonyl (C=O) groups excluding carboxylic acids is 1. The molecular weight excluding hydrogens is 753 g/mol. The summed E-state index contributed by atoms with van der Waals surface area (Å²) in [5, 5.41) is 6.32. The Morgan fingerprint density at radius 3 is 1.34 bits per heavy atom. The maximum Gasteiger partial charge on any atom is 0.220 e. The summed E-state index contributed by atoms with van der Waals surface area (Å²) >= 11 is 0. The van der Waals surface area contributed by atoms with Gasteiger partial charge in [0.2, 0.25) is 5.91 Å². The molecule has 59 heavy (non-hydrogen) atoms. The highest BCUT2D eigenvalue weighted by atomic mass is 16.6. The highest BCUT2D eigenvalue weighted by Crippen LogP contribution is 2.30. The second-order valence-corrected chi connectivity index (χ2v) is 13.5. The summed E-state index contributed by atoms with van der Waals surface area (Å²) in [4.78, 5) is 11.9. The molecule has 0 aromatic heterocycles. The standard InChI is InChI=1S/C47H64N2O10/c50-47(18-10-17-41-11-4-1-5-12-41)49-22-24-52-26-28-54-30-32-56-34-36-57-35-33-55-31-29-53-27-25-51-23-21-48-38-44-19-20-45(58-39-42-13-6-2-7-14-42)46(37-44)59-40-43-15-8-3-9-16-43/h1-9,11-16,19-20,37,48H,10,17-18,21-36,38-40H2,(H,49,50). The number of nitrogens with one attached hydrogen (secondary N) is 2. The molecule has 0 saturated carbocycles. The average molecular weight is 817 g/mol. The van der Waals surface area contributed by atoms with Crippen LogP contribution in [0.5, 0.6) is 11.5 Å². The van der Waals surface area contributed by atoms with Crippen molar-refractivity contribution < 1.29 is 47.4 Å². The molecule has 0 aliphatic carbocycles. The van der Waals surface area contributed by atoms with E-state index in [9.17, 15) is 4.79 Å². The van der Waals surface area contributed by atoms with Crippen molar-refractivity contribution in [2.45, 2.75) is 39.0 Å². The molecule has 322 valence electrons. The Balaban J connectivity index is 0.865. The van der Waals surface area contributed by atoms with E-state index in [0.717, 1.165) is 41.0 Å². The molecule has 0 heterocycles. The van der Waals surface area contributed by atoms with Crippen LogP contribution in [-0.4, -0.2) is 111 Å². The van der Waals surface area contributed by atoms with E-state index < -0.39 is 0 Å². The summed E-state index contributed by atoms with van der Waals surface area (Å²) in [6.45, 7) is 9.82. The SMILES string of the molecule is O=C(CCCc1ccccc1)NCCOCCOCCOCCOCCOCCOCCOCCNCc1ccc(OCc2ccccc2)c(OCc2ccccc2)c1. The van der Waals surface area contributed by atoms with Gasteiger partial charge < -0.3 is 53.3 Å². The van der Waals surface area contributed by atoms with Gasteiger partial charge in [-0.25, -0.2) is 0 Å². The number of amides is 1. The fourth-order valence-electron chi connectivity index (χ4n) is 5.61. The molecule has 0 aliphatic heterocycles. The molecule has 4 aromatic rings. The Kier molecular flexibility index (Phi) is 26.0. The van der Waals surface area contributed by atoms with Crippen molar-refractivity contribution in [1.82, 2.24) is 10.6 Å². The van der Waals surface area contributed by atoms with E-state index in [4.69, 9.17) is 42.6 Å². The van der Waals surface area contributed by atoms with Crippen molar-refractivity contribution >= 4 is 5.91 Å². The third-order valence-corrected chi connectivity index (χ3v) is 8.75. The number of carbonyl (C=O) groups is 1. The number of ether oxygens (including phenoxy) is 9. The highest BCUT2D eigenvalue weighted by Gasteiger charge is 2.09. The van der Waals surface area contributed by atoms with Crippen LogP contribution in [0.2, 0.25) is 0 Å². The van der Waals surface area contributed by atoms with E-state index >= 15 is 0 Å². The Hall–Kier alpha value is -4.37. The van der Waals surface area contributed by atoms with E-state index in [2.05, 4.69) is 28.8 Å². The van der Waals surface area contributed by atoms with Gasteiger partial charge in [-0.05, 0) is 47.2 Å². The second-order valence-electron chi connectivity index (χ2n) is 13.5. The lowest BCUT2D eigenvalue weighted by molar-refractivity contribution is -0.121. The molecule has 0 radical (unpaired) electrons. The van der Waals surface area contributed by atoms with Gasteiger partial charge in [0.1, 0.15) is 13.2 Å². The van der Waals surface area contributed by atoms with Gasteiger partial charge in [-0.3, -0.25) is 4.79 Å². The Morgan fingerprint density at radius 2 is 0.847 bits per heavy atom. The minimum absolute atomic E-state index is 0.0556. The Morgan fingerprint density at radius 1 is 0.424 bits per heavy atom. The molecule has 1 amide bonds. The largest absolute Gasteiger partial charge is 0.485 e. The summed E-state index contributed by atoms with van der Waals surface area (Å²) in [5.74, 6) is 1.50. The lowest BCUT2D eigenvalue weighted by Crippen LogP contribution is -2.27. The van der Waals surface area contributed by atoms with E-state index in [0.29, 0.717) is 132 Å². The first-order valence-corrected chi connectivity index (χ1v) is 20.8. The van der Waals surface area contributed by atoms with Crippen LogP contribution in [0.3, 0.4) is 0 Å². The van der Waals surface area contributed by atoms with E-state index in [1.54, 1.807) is 0 Å². The molecule has 0 aliphatic rings. The van der Waals surface area contributed by atoms with Gasteiger partial charge in [-0.2, -0.15) is 0 Å². The van der Waals surface area contributed by atoms with E-state index in [1.165, 1.54) is 5.56 Å². The van der Waals surface area contributed by atoms with Gasteiger partial charge >= 0.3 is 0 Å². The number of hydrogen-bond donors (Lipinski definition) is 2. The van der Waals surface area contributed by atoms with E-state index in [-0.39, 0.29) is 5.91 Å². The average Bonchev–Trinajstić information content (AvgIpc) is 3.27. The zero-order chi connectivity index (χ0) is 41.1. The smallest absolute Gasteiger partial charge is 0.220 e. The van der Waals surface area contributed by atoms with Gasteiger partial charge in [-0.1, -0.05) is 97.1 Å². The van der Waals surface area contributed by atoms with Crippen molar-refractivity contribution in [3.63, 3.8) is 0 Å². The summed E-state index contributed by atoms with van der Waals surface area (Å²) in [6, 6.07) is 36.5. The summed E-state index contributed by atoms with van der Waals surface area (Å²) in [6.07, 6.45) is 2.26. The molecule has 0 atom stereocenters. The van der Waals surface area contributed by atoms with Crippen LogP contribution < -0.4 is 20.1 Å². The fraction of sp³-hybridized carbons (Fsp3) is 0.468. The van der Waals surface area contributed by atoms with Gasteiger partial charge in [-0.15, -0.1) is 0 Å². The van der Waals surface area contributed by atoms with Crippen LogP contribution in [0.1, 0.15) is 35.1 Å². The first kappa shape index (κ1) is 47.3. The molecule has 0 bridgehead atoms. The fourth-order valence-corrected chi connectivity index (χ4v) is 5.61. The molecular formula is C47H64N2O10. The van der Waals surface area contributed by atoms with Crippen LogP contribution in [0.25, 0.3) is 0 Å². The zero-order valence-electron chi connectivity index (χ0n) is 34.5. The molecule has 12 nitrogen and oxygen atoms in total. The number of hydrogen-bond acceptors (Lipinski definition) is 11. The summed E-state index contributed by atoms with van der Waals surface area (Å²) in [5.41, 5.74) is 4.56. The molecule has 0 saturated heterocycles. The normalized spacial score (nSPS) is 11.1. The maximum absolute atomic E-state index is 11.9. The minimum atomic E-state index is 0.0556. The molecule has 4 rings (SSSR count). The van der Waals surface area contributed by atoms with Gasteiger partial charge in [0, 0.05) is 26.1 Å². The minimum Gasteiger partial charge on any atom is -0.485 e. The van der Waals surface area contributed by atoms with Crippen LogP contribution >= 0.6 is 0 Å². The lowest BCUT2D eigenvalue weighted by atomic mass is 10.1. The Labute approximate surface area is 350 Å². The molecule has 4 aromatic carbocycles. The predicted molar refractivity (Wildman–Crippen MR) is 228 cm³/mol. The molecule has 12 heteroatoms. The zero-order valence-corrected chi connectivity index (χ0v) is 34.5. The molecule has 0 fully saturated rings. The third kappa shape index (κ3) is 23.7. The quantitative estimate of drug-likeness (QED) is 0.0511. The maximum atomic E-state index is 11.9. The van der Waals surface area contributed by atoms with Crippen molar-refractivity contribution in [2.24, 2.45) is 0 Å². The predicted octanol–water partition coefficient (Wildman–Crippen LogP) is 6.19. The summed E-state index contributed by atoms with van der Waals surface area (Å²) in [7, 11) is 0. The topological polar surface area (TPSA) is 124 Å². The van der Waals surface area contributed by atoms with Crippen LogP contribution in [0, 0.1) is 0 Å². The lowest BCUT2D eigenvalue weighted by Gasteiger charge is -2.15. The first-order valence-electron chi connectivity index (χ1n) is 20.8. The van der Waals surface area contributed by atoms with Gasteiger partial charge in [0.05, 0.1) is 92.5 Å². The van der Waals surface area contributed by atoms with Crippen molar-refractivity contribution in [2.75, 3.05) is 106 Å². The highest BCUT2D eigenvalue weighted by molar-refractivity contribution is 5.75. The number of rotatable bonds is 36. The van der Waals surface area contributed by atoms with E-state index in [1.807, 2.05) is 91.0 Å². The first-order chi connectivity index (χ1) is 29.3. The third-order valence-electron chi connectivity index (χ3n) is 8.75. The Bertz CT molecular complexity index is 1600. The molecule has 2 N–H and O–H groups in total. The molecule has 0 spiro atoms. The van der Waals surface area contributed by atoms with Gasteiger partial charge in [0.15, 0.2) is 11.5 Å². The summed E-state index contributed by atoms with van der Waals surface area (Å²) < 4.78 is 51.3. The monoisotopic (exact) mass is 816 g/mol. The van der Waals surface area contributed by atoms with Crippen LogP contribution in [-0.2, 0) is 64.1 Å². The molecule has 0 unspecified atom stereocenters. The second kappa shape index (κ2) is 32.5. The van der Waals surface area contributed by atoms with Crippen LogP contribution in [0.15, 0.2) is 109 Å². The van der Waals surface area contributed by atoms with Crippen molar-refractivity contribution in [3.05, 3.63) is 131 Å². The van der Waals surface area contributed by atoms with Crippen molar-refractivity contribution in [1.29, 1.82) is 0 Å². The van der Waals surface area contributed by atoms with Crippen LogP contribution in [0.4, 0.5) is 0 Å².